The summed E-state index contributed by atoms with van der Waals surface area (Å²) in [5.41, 5.74) is 0.656. The summed E-state index contributed by atoms with van der Waals surface area (Å²) < 4.78 is 16.3. The van der Waals surface area contributed by atoms with Crippen LogP contribution in [0.15, 0.2) is 21.5 Å². The van der Waals surface area contributed by atoms with E-state index in [0.717, 1.165) is 11.8 Å². The summed E-state index contributed by atoms with van der Waals surface area (Å²) in [4.78, 5) is 37.8. The summed E-state index contributed by atoms with van der Waals surface area (Å²) in [7, 11) is 1.28. The van der Waals surface area contributed by atoms with Crippen molar-refractivity contribution in [3.63, 3.8) is 0 Å². The summed E-state index contributed by atoms with van der Waals surface area (Å²) in [6.45, 7) is 5.73. The van der Waals surface area contributed by atoms with Crippen molar-refractivity contribution in [1.29, 1.82) is 0 Å². The number of ether oxygens (including phenoxy) is 3. The van der Waals surface area contributed by atoms with E-state index in [0.29, 0.717) is 39.5 Å². The maximum absolute atomic E-state index is 12.6. The van der Waals surface area contributed by atoms with E-state index in [2.05, 4.69) is 20.7 Å². The van der Waals surface area contributed by atoms with Crippen molar-refractivity contribution in [3.05, 3.63) is 27.1 Å². The first-order valence-electron chi connectivity index (χ1n) is 8.75. The van der Waals surface area contributed by atoms with E-state index < -0.39 is 5.97 Å². The van der Waals surface area contributed by atoms with Gasteiger partial charge in [0.15, 0.2) is 18.1 Å². The first kappa shape index (κ1) is 22.3. The Morgan fingerprint density at radius 2 is 1.93 bits per heavy atom. The quantitative estimate of drug-likeness (QED) is 0.414. The van der Waals surface area contributed by atoms with Crippen molar-refractivity contribution in [2.75, 3.05) is 20.3 Å². The normalized spacial score (nSPS) is 16.5. The number of nitrogens with zero attached hydrogens (tertiary/aromatic N) is 1. The number of thioether (sulfide) groups is 1. The highest BCUT2D eigenvalue weighted by Crippen LogP contribution is 2.38. The lowest BCUT2D eigenvalue weighted by atomic mass is 10.1. The Hall–Kier alpha value is -2.00. The van der Waals surface area contributed by atoms with Crippen LogP contribution < -0.4 is 9.47 Å². The Balaban J connectivity index is 2.34. The van der Waals surface area contributed by atoms with Gasteiger partial charge in [0.2, 0.25) is 0 Å². The second kappa shape index (κ2) is 9.97. The molecule has 0 saturated carbocycles. The molecule has 7 nitrogen and oxygen atoms in total. The van der Waals surface area contributed by atoms with Gasteiger partial charge < -0.3 is 14.2 Å². The fourth-order valence-corrected chi connectivity index (χ4v) is 3.78. The molecule has 2 rings (SSSR count). The lowest BCUT2D eigenvalue weighted by Crippen LogP contribution is -2.36. The monoisotopic (exact) mass is 471 g/mol. The Morgan fingerprint density at radius 1 is 1.25 bits per heavy atom. The topological polar surface area (TPSA) is 82.1 Å². The maximum Gasteiger partial charge on any atom is 0.343 e. The van der Waals surface area contributed by atoms with Gasteiger partial charge in [-0.3, -0.25) is 14.5 Å². The third kappa shape index (κ3) is 5.08. The summed E-state index contributed by atoms with van der Waals surface area (Å²) in [6.07, 6.45) is 2.33. The minimum atomic E-state index is -0.513. The van der Waals surface area contributed by atoms with Crippen molar-refractivity contribution in [1.82, 2.24) is 4.90 Å². The van der Waals surface area contributed by atoms with Crippen LogP contribution in [0, 0.1) is 0 Å². The Labute approximate surface area is 176 Å². The Kier molecular flexibility index (Phi) is 7.94. The SMILES string of the molecule is CCOc1cc(/C=C2/SC(=O)N(C(C)CC)C2=O)c(Br)cc1OCC(=O)OC. The first-order chi connectivity index (χ1) is 13.3. The van der Waals surface area contributed by atoms with Gasteiger partial charge in [0.1, 0.15) is 0 Å². The molecule has 0 bridgehead atoms. The molecule has 1 aliphatic rings. The number of imide groups is 1. The smallest absolute Gasteiger partial charge is 0.343 e. The average Bonchev–Trinajstić information content (AvgIpc) is 2.95. The molecular weight excluding hydrogens is 450 g/mol. The molecule has 0 radical (unpaired) electrons. The lowest BCUT2D eigenvalue weighted by molar-refractivity contribution is -0.143. The van der Waals surface area contributed by atoms with Crippen LogP contribution in [-0.4, -0.2) is 48.4 Å². The molecule has 1 saturated heterocycles. The third-order valence-corrected chi connectivity index (χ3v) is 5.65. The van der Waals surface area contributed by atoms with E-state index >= 15 is 0 Å². The first-order valence-corrected chi connectivity index (χ1v) is 10.4. The van der Waals surface area contributed by atoms with Crippen LogP contribution in [0.25, 0.3) is 6.08 Å². The third-order valence-electron chi connectivity index (χ3n) is 4.08. The Bertz CT molecular complexity index is 810. The van der Waals surface area contributed by atoms with E-state index in [1.54, 1.807) is 18.2 Å². The number of carbonyl (C=O) groups excluding carboxylic acids is 3. The van der Waals surface area contributed by atoms with Crippen LogP contribution in [0.3, 0.4) is 0 Å². The van der Waals surface area contributed by atoms with Gasteiger partial charge in [-0.1, -0.05) is 22.9 Å². The highest BCUT2D eigenvalue weighted by molar-refractivity contribution is 9.10. The summed E-state index contributed by atoms with van der Waals surface area (Å²) in [6, 6.07) is 3.19. The van der Waals surface area contributed by atoms with E-state index in [-0.39, 0.29) is 23.8 Å². The molecule has 9 heteroatoms. The van der Waals surface area contributed by atoms with E-state index in [1.165, 1.54) is 12.0 Å². The van der Waals surface area contributed by atoms with Crippen molar-refractivity contribution in [3.8, 4) is 11.5 Å². The van der Waals surface area contributed by atoms with Gasteiger partial charge in [0, 0.05) is 10.5 Å². The molecule has 0 aromatic heterocycles. The van der Waals surface area contributed by atoms with Crippen LogP contribution in [-0.2, 0) is 14.3 Å². The second-order valence-electron chi connectivity index (χ2n) is 5.93. The number of rotatable bonds is 8. The van der Waals surface area contributed by atoms with E-state index in [9.17, 15) is 14.4 Å². The molecule has 1 unspecified atom stereocenters. The molecule has 1 aliphatic heterocycles. The number of halogens is 1. The molecule has 0 spiro atoms. The molecule has 0 aliphatic carbocycles. The molecule has 152 valence electrons. The van der Waals surface area contributed by atoms with Crippen molar-refractivity contribution in [2.45, 2.75) is 33.2 Å². The number of carbonyl (C=O) groups is 3. The molecule has 0 N–H and O–H groups in total. The van der Waals surface area contributed by atoms with Crippen LogP contribution in [0.1, 0.15) is 32.8 Å². The predicted octanol–water partition coefficient (Wildman–Crippen LogP) is 4.23. The minimum absolute atomic E-state index is 0.157. The molecule has 1 aromatic rings. The second-order valence-corrected chi connectivity index (χ2v) is 7.77. The fraction of sp³-hybridized carbons (Fsp3) is 0.421. The van der Waals surface area contributed by atoms with E-state index in [4.69, 9.17) is 9.47 Å². The van der Waals surface area contributed by atoms with Gasteiger partial charge in [-0.25, -0.2) is 4.79 Å². The van der Waals surface area contributed by atoms with Gasteiger partial charge in [-0.2, -0.15) is 0 Å². The highest BCUT2D eigenvalue weighted by atomic mass is 79.9. The number of amides is 2. The Morgan fingerprint density at radius 3 is 2.54 bits per heavy atom. The van der Waals surface area contributed by atoms with Gasteiger partial charge in [-0.05, 0) is 55.8 Å². The van der Waals surface area contributed by atoms with Crippen molar-refractivity contribution < 1.29 is 28.6 Å². The predicted molar refractivity (Wildman–Crippen MR) is 110 cm³/mol. The number of methoxy groups -OCH3 is 1. The van der Waals surface area contributed by atoms with Crippen LogP contribution in [0.5, 0.6) is 11.5 Å². The molecule has 28 heavy (non-hydrogen) atoms. The maximum atomic E-state index is 12.6. The molecule has 1 fully saturated rings. The largest absolute Gasteiger partial charge is 0.490 e. The van der Waals surface area contributed by atoms with Crippen LogP contribution >= 0.6 is 27.7 Å². The average molecular weight is 472 g/mol. The van der Waals surface area contributed by atoms with E-state index in [1.807, 2.05) is 20.8 Å². The summed E-state index contributed by atoms with van der Waals surface area (Å²) >= 11 is 4.36. The standard InChI is InChI=1S/C19H22BrNO6S/c1-5-11(3)21-18(23)16(28-19(21)24)8-12-7-14(26-6-2)15(9-13(12)20)27-10-17(22)25-4/h7-9,11H,5-6,10H2,1-4H3/b16-8+. The lowest BCUT2D eigenvalue weighted by Gasteiger charge is -2.19. The van der Waals surface area contributed by atoms with Crippen molar-refractivity contribution in [2.24, 2.45) is 0 Å². The summed E-state index contributed by atoms with van der Waals surface area (Å²) in [5, 5.41) is -0.273. The minimum Gasteiger partial charge on any atom is -0.490 e. The highest BCUT2D eigenvalue weighted by Gasteiger charge is 2.37. The zero-order chi connectivity index (χ0) is 20.8. The van der Waals surface area contributed by atoms with Crippen LogP contribution in [0.2, 0.25) is 0 Å². The molecule has 1 heterocycles. The van der Waals surface area contributed by atoms with Gasteiger partial charge in [0.25, 0.3) is 11.1 Å². The van der Waals surface area contributed by atoms with Crippen LogP contribution in [0.4, 0.5) is 4.79 Å². The number of hydrogen-bond donors (Lipinski definition) is 0. The summed E-state index contributed by atoms with van der Waals surface area (Å²) in [5.74, 6) is -0.0346. The molecular formula is C19H22BrNO6S. The van der Waals surface area contributed by atoms with Crippen molar-refractivity contribution >= 4 is 50.9 Å². The molecule has 1 atom stereocenters. The molecule has 1 aromatic carbocycles. The van der Waals surface area contributed by atoms with Gasteiger partial charge in [0.05, 0.1) is 18.6 Å². The number of hydrogen-bond acceptors (Lipinski definition) is 7. The molecule has 2 amide bonds. The fourth-order valence-electron chi connectivity index (χ4n) is 2.42. The van der Waals surface area contributed by atoms with Gasteiger partial charge >= 0.3 is 5.97 Å². The number of benzene rings is 1. The van der Waals surface area contributed by atoms with Gasteiger partial charge in [-0.15, -0.1) is 0 Å². The number of esters is 1. The zero-order valence-electron chi connectivity index (χ0n) is 16.1. The zero-order valence-corrected chi connectivity index (χ0v) is 18.5.